The molecule has 0 N–H and O–H groups in total. The van der Waals surface area contributed by atoms with Crippen LogP contribution in [0.5, 0.6) is 11.5 Å². The van der Waals surface area contributed by atoms with Crippen molar-refractivity contribution in [2.75, 3.05) is 16.5 Å². The Morgan fingerprint density at radius 2 is 0.942 bits per heavy atom. The van der Waals surface area contributed by atoms with Crippen LogP contribution < -0.4 is 14.5 Å². The first kappa shape index (κ1) is 45.7. The zero-order valence-electron chi connectivity index (χ0n) is 42.6. The second-order valence-corrected chi connectivity index (χ2v) is 22.4. The quantitative estimate of drug-likeness (QED) is 0.144. The summed E-state index contributed by atoms with van der Waals surface area (Å²) in [4.78, 5) is 10.0. The highest BCUT2D eigenvalue weighted by Gasteiger charge is 2.33. The summed E-state index contributed by atoms with van der Waals surface area (Å²) in [6.45, 7) is 28.2. The van der Waals surface area contributed by atoms with Gasteiger partial charge in [-0.1, -0.05) is 154 Å². The van der Waals surface area contributed by atoms with E-state index in [9.17, 15) is 0 Å². The number of pyridine rings is 1. The first-order chi connectivity index (χ1) is 32.8. The average Bonchev–Trinajstić information content (AvgIpc) is 3.86. The topological polar surface area (TPSA) is 33.5 Å². The van der Waals surface area contributed by atoms with Crippen LogP contribution in [0.3, 0.4) is 0 Å². The van der Waals surface area contributed by atoms with Crippen molar-refractivity contribution in [2.24, 2.45) is 0 Å². The lowest BCUT2D eigenvalue weighted by Crippen LogP contribution is -2.26. The van der Waals surface area contributed by atoms with Gasteiger partial charge in [-0.15, -0.1) is 0 Å². The van der Waals surface area contributed by atoms with Crippen molar-refractivity contribution in [2.45, 2.75) is 105 Å². The van der Waals surface area contributed by atoms with Gasteiger partial charge >= 0.3 is 0 Å². The van der Waals surface area contributed by atoms with E-state index in [1.807, 2.05) is 6.20 Å². The largest absolute Gasteiger partial charge is 0.457 e. The van der Waals surface area contributed by atoms with Crippen LogP contribution in [0.2, 0.25) is 0 Å². The molecule has 10 rings (SSSR count). The second-order valence-electron chi connectivity index (χ2n) is 22.4. The van der Waals surface area contributed by atoms with E-state index in [4.69, 9.17) is 9.72 Å². The molecule has 0 atom stereocenters. The molecular weight excluding hydrogens is 841 g/mol. The zero-order valence-corrected chi connectivity index (χ0v) is 42.6. The molecule has 0 bridgehead atoms. The third kappa shape index (κ3) is 8.36. The van der Waals surface area contributed by atoms with Gasteiger partial charge in [-0.3, -0.25) is 4.57 Å². The predicted octanol–water partition coefficient (Wildman–Crippen LogP) is 17.1. The van der Waals surface area contributed by atoms with E-state index in [1.165, 1.54) is 67.0 Å². The normalized spacial score (nSPS) is 13.4. The maximum atomic E-state index is 7.16. The summed E-state index contributed by atoms with van der Waals surface area (Å²) in [7, 11) is 0. The van der Waals surface area contributed by atoms with Gasteiger partial charge in [0, 0.05) is 51.3 Å². The monoisotopic (exact) mass is 907 g/mol. The maximum absolute atomic E-state index is 7.16. The molecule has 0 spiro atoms. The molecule has 7 aromatic carbocycles. The summed E-state index contributed by atoms with van der Waals surface area (Å²) in [5.41, 5.74) is 16.4. The Hall–Kier alpha value is -7.11. The Morgan fingerprint density at radius 3 is 1.54 bits per heavy atom. The van der Waals surface area contributed by atoms with Crippen LogP contribution in [0.4, 0.5) is 22.7 Å². The Morgan fingerprint density at radius 1 is 0.420 bits per heavy atom. The number of rotatable bonds is 9. The minimum absolute atomic E-state index is 0.0117. The third-order valence-electron chi connectivity index (χ3n) is 14.9. The van der Waals surface area contributed by atoms with Crippen molar-refractivity contribution in [3.05, 3.63) is 214 Å². The van der Waals surface area contributed by atoms with Gasteiger partial charge in [0.1, 0.15) is 24.0 Å². The predicted molar refractivity (Wildman–Crippen MR) is 291 cm³/mol. The van der Waals surface area contributed by atoms with Gasteiger partial charge in [-0.05, 0) is 136 Å². The minimum Gasteiger partial charge on any atom is -0.457 e. The van der Waals surface area contributed by atoms with E-state index in [-0.39, 0.29) is 21.7 Å². The molecule has 2 aromatic heterocycles. The molecule has 0 amide bonds. The van der Waals surface area contributed by atoms with Crippen LogP contribution in [0, 0.1) is 13.8 Å². The molecule has 3 heterocycles. The fourth-order valence-electron chi connectivity index (χ4n) is 10.1. The van der Waals surface area contributed by atoms with Gasteiger partial charge in [0.15, 0.2) is 0 Å². The molecule has 69 heavy (non-hydrogen) atoms. The highest BCUT2D eigenvalue weighted by atomic mass is 16.5. The fraction of sp³-hybridized carbons (Fsp3) is 0.266. The van der Waals surface area contributed by atoms with E-state index >= 15 is 0 Å². The number of aromatic nitrogens is 2. The van der Waals surface area contributed by atoms with Crippen LogP contribution in [0.1, 0.15) is 114 Å². The summed E-state index contributed by atoms with van der Waals surface area (Å²) in [6, 6.07) is 59.9. The van der Waals surface area contributed by atoms with E-state index in [2.05, 4.69) is 261 Å². The van der Waals surface area contributed by atoms with Crippen molar-refractivity contribution in [1.29, 1.82) is 0 Å². The lowest BCUT2D eigenvalue weighted by atomic mass is 9.78. The van der Waals surface area contributed by atoms with Crippen molar-refractivity contribution in [3.63, 3.8) is 0 Å². The molecule has 1 aliphatic heterocycles. The summed E-state index contributed by atoms with van der Waals surface area (Å²) in [6.07, 6.45) is 1.95. The lowest BCUT2D eigenvalue weighted by molar-refractivity contribution is 0.480. The molecular formula is C64H66N4O. The number of hydrogen-bond acceptors (Lipinski definition) is 4. The van der Waals surface area contributed by atoms with Gasteiger partial charge in [0.2, 0.25) is 0 Å². The zero-order chi connectivity index (χ0) is 48.6. The number of nitrogens with zero attached hydrogens (tertiary/aromatic N) is 4. The molecule has 9 aromatic rings. The first-order valence-electron chi connectivity index (χ1n) is 24.5. The Labute approximate surface area is 410 Å². The van der Waals surface area contributed by atoms with E-state index < -0.39 is 0 Å². The lowest BCUT2D eigenvalue weighted by Gasteiger charge is -2.30. The molecule has 0 saturated carbocycles. The number of para-hydroxylation sites is 1. The van der Waals surface area contributed by atoms with Gasteiger partial charge in [0.25, 0.3) is 0 Å². The number of aryl methyl sites for hydroxylation is 2. The van der Waals surface area contributed by atoms with Crippen LogP contribution >= 0.6 is 0 Å². The van der Waals surface area contributed by atoms with Crippen molar-refractivity contribution in [3.8, 4) is 17.3 Å². The van der Waals surface area contributed by atoms with Gasteiger partial charge < -0.3 is 14.5 Å². The highest BCUT2D eigenvalue weighted by Crippen LogP contribution is 2.49. The fourth-order valence-corrected chi connectivity index (χ4v) is 10.1. The molecule has 1 aliphatic rings. The summed E-state index contributed by atoms with van der Waals surface area (Å²) >= 11 is 0. The Balaban J connectivity index is 1.11. The standard InChI is InChI=1S/C64H66N4O/c1-42-31-58-59(32-43(42)2)67(41-66(58)50-34-47(61(3,4)5)33-48(35-50)62(6,7)8)51-36-49(64(11,12)45-23-17-14-18-24-45)37-53(39-51)69-52-27-28-55-54-25-19-20-26-56(54)68(57(55)40-52)60-38-46(29-30-65-60)63(9,10)44-21-15-13-16-22-44/h13-40H,41H2,1-12H3. The summed E-state index contributed by atoms with van der Waals surface area (Å²) in [5.74, 6) is 2.42. The van der Waals surface area contributed by atoms with Crippen molar-refractivity contribution in [1.82, 2.24) is 9.55 Å². The van der Waals surface area contributed by atoms with Crippen molar-refractivity contribution < 1.29 is 4.74 Å². The number of fused-ring (bicyclic) bond motifs is 4. The number of hydrogen-bond donors (Lipinski definition) is 0. The minimum atomic E-state index is -0.329. The molecule has 0 aliphatic carbocycles. The average molecular weight is 907 g/mol. The molecule has 348 valence electrons. The Kier molecular flexibility index (Phi) is 11.1. The SMILES string of the molecule is Cc1cc2c(cc1C)N(c1cc(Oc3ccc4c5ccccc5n(-c5cc(C(C)(C)c6ccccc6)ccn5)c4c3)cc(C(C)(C)c3ccccc3)c1)CN2c1cc(C(C)(C)C)cc(C(C)(C)C)c1. The van der Waals surface area contributed by atoms with Crippen LogP contribution in [0.15, 0.2) is 170 Å². The summed E-state index contributed by atoms with van der Waals surface area (Å²) in [5, 5.41) is 2.32. The van der Waals surface area contributed by atoms with Gasteiger partial charge in [-0.25, -0.2) is 4.98 Å². The molecule has 0 fully saturated rings. The van der Waals surface area contributed by atoms with Crippen LogP contribution in [-0.2, 0) is 21.7 Å². The number of anilines is 4. The van der Waals surface area contributed by atoms with Crippen LogP contribution in [-0.4, -0.2) is 16.2 Å². The first-order valence-corrected chi connectivity index (χ1v) is 24.5. The molecule has 5 heteroatoms. The third-order valence-corrected chi connectivity index (χ3v) is 14.9. The number of ether oxygens (including phenoxy) is 1. The van der Waals surface area contributed by atoms with Gasteiger partial charge in [0.05, 0.1) is 22.4 Å². The van der Waals surface area contributed by atoms with Gasteiger partial charge in [-0.2, -0.15) is 0 Å². The van der Waals surface area contributed by atoms with Crippen LogP contribution in [0.25, 0.3) is 27.6 Å². The van der Waals surface area contributed by atoms with Crippen molar-refractivity contribution >= 4 is 44.6 Å². The highest BCUT2D eigenvalue weighted by molar-refractivity contribution is 6.09. The number of benzene rings is 7. The Bertz CT molecular complexity index is 3350. The maximum Gasteiger partial charge on any atom is 0.137 e. The van der Waals surface area contributed by atoms with E-state index in [1.54, 1.807) is 0 Å². The molecule has 0 unspecified atom stereocenters. The van der Waals surface area contributed by atoms with E-state index in [0.717, 1.165) is 39.4 Å². The second kappa shape index (κ2) is 16.8. The molecule has 0 radical (unpaired) electrons. The molecule has 5 nitrogen and oxygen atoms in total. The molecule has 0 saturated heterocycles. The summed E-state index contributed by atoms with van der Waals surface area (Å²) < 4.78 is 9.45. The van der Waals surface area contributed by atoms with E-state index in [0.29, 0.717) is 6.67 Å². The smallest absolute Gasteiger partial charge is 0.137 e.